The lowest BCUT2D eigenvalue weighted by Crippen LogP contribution is -2.68. The summed E-state index contributed by atoms with van der Waals surface area (Å²) in [5.74, 6) is 1.16. The van der Waals surface area contributed by atoms with E-state index >= 15 is 0 Å². The van der Waals surface area contributed by atoms with Gasteiger partial charge in [0.2, 0.25) is 0 Å². The van der Waals surface area contributed by atoms with E-state index in [0.717, 1.165) is 38.5 Å². The molecule has 12 unspecified atom stereocenters. The Morgan fingerprint density at radius 3 is 2.12 bits per heavy atom. The summed E-state index contributed by atoms with van der Waals surface area (Å²) in [6.45, 7) is 16.8. The highest BCUT2D eigenvalue weighted by Gasteiger charge is 2.70. The molecule has 5 aliphatic carbocycles. The number of carboxylic acid groups (broad SMARTS) is 1. The summed E-state index contributed by atoms with van der Waals surface area (Å²) in [7, 11) is 0. The highest BCUT2D eigenvalue weighted by Crippen LogP contribution is 2.77. The Hall–Kier alpha value is -0.610. The van der Waals surface area contributed by atoms with Gasteiger partial charge in [-0.1, -0.05) is 48.5 Å². The van der Waals surface area contributed by atoms with Crippen LogP contribution in [0.1, 0.15) is 106 Å². The van der Waals surface area contributed by atoms with Crippen LogP contribution >= 0.6 is 0 Å². The SMILES string of the molecule is CC1C(O)C(O)CC2C1(C)CCC1C2(C)CCC2(C)C3CC(C)(C)CC(C(=O)O)C3CCC12C. The molecule has 0 aromatic carbocycles. The van der Waals surface area contributed by atoms with Gasteiger partial charge in [0, 0.05) is 0 Å². The van der Waals surface area contributed by atoms with E-state index in [1.807, 2.05) is 0 Å². The van der Waals surface area contributed by atoms with Gasteiger partial charge in [-0.25, -0.2) is 0 Å². The lowest BCUT2D eigenvalue weighted by molar-refractivity contribution is -0.264. The van der Waals surface area contributed by atoms with E-state index < -0.39 is 18.2 Å². The molecule has 0 amide bonds. The van der Waals surface area contributed by atoms with Crippen LogP contribution in [0.4, 0.5) is 0 Å². The molecule has 194 valence electrons. The van der Waals surface area contributed by atoms with Gasteiger partial charge in [-0.05, 0) is 114 Å². The summed E-state index contributed by atoms with van der Waals surface area (Å²) < 4.78 is 0. The largest absolute Gasteiger partial charge is 0.481 e. The molecule has 5 saturated carbocycles. The van der Waals surface area contributed by atoms with Crippen molar-refractivity contribution in [3.63, 3.8) is 0 Å². The quantitative estimate of drug-likeness (QED) is 0.426. The van der Waals surface area contributed by atoms with Crippen LogP contribution in [-0.2, 0) is 4.79 Å². The molecule has 0 bridgehead atoms. The fourth-order valence-electron chi connectivity index (χ4n) is 11.5. The van der Waals surface area contributed by atoms with Crippen LogP contribution < -0.4 is 0 Å². The number of aliphatic carboxylic acids is 1. The van der Waals surface area contributed by atoms with E-state index in [9.17, 15) is 20.1 Å². The van der Waals surface area contributed by atoms with E-state index in [4.69, 9.17) is 0 Å². The van der Waals surface area contributed by atoms with Crippen LogP contribution in [0.25, 0.3) is 0 Å². The summed E-state index contributed by atoms with van der Waals surface area (Å²) in [4.78, 5) is 12.4. The maximum Gasteiger partial charge on any atom is 0.306 e. The van der Waals surface area contributed by atoms with Gasteiger partial charge >= 0.3 is 5.97 Å². The first-order valence-corrected chi connectivity index (χ1v) is 14.2. The average Bonchev–Trinajstić information content (AvgIpc) is 2.74. The molecule has 4 nitrogen and oxygen atoms in total. The first-order valence-electron chi connectivity index (χ1n) is 14.2. The molecule has 4 heteroatoms. The first-order chi connectivity index (χ1) is 15.6. The van der Waals surface area contributed by atoms with Crippen molar-refractivity contribution in [2.75, 3.05) is 0 Å². The molecule has 5 aliphatic rings. The maximum absolute atomic E-state index is 12.4. The summed E-state index contributed by atoms with van der Waals surface area (Å²) in [5.41, 5.74) is 0.684. The Morgan fingerprint density at radius 1 is 0.794 bits per heavy atom. The average molecular weight is 475 g/mol. The van der Waals surface area contributed by atoms with Crippen LogP contribution in [0.2, 0.25) is 0 Å². The fraction of sp³-hybridized carbons (Fsp3) is 0.967. The zero-order valence-corrected chi connectivity index (χ0v) is 22.7. The normalized spacial score (nSPS) is 58.6. The Bertz CT molecular complexity index is 853. The van der Waals surface area contributed by atoms with E-state index in [1.54, 1.807) is 0 Å². The van der Waals surface area contributed by atoms with Crippen LogP contribution in [0.5, 0.6) is 0 Å². The Morgan fingerprint density at radius 2 is 1.47 bits per heavy atom. The number of fused-ring (bicyclic) bond motifs is 7. The second-order valence-electron chi connectivity index (χ2n) is 15.4. The molecule has 0 saturated heterocycles. The van der Waals surface area contributed by atoms with Crippen LogP contribution in [0.15, 0.2) is 0 Å². The van der Waals surface area contributed by atoms with Crippen LogP contribution in [0.3, 0.4) is 0 Å². The number of hydrogen-bond donors (Lipinski definition) is 3. The third-order valence-electron chi connectivity index (χ3n) is 13.8. The van der Waals surface area contributed by atoms with Crippen LogP contribution in [-0.4, -0.2) is 33.5 Å². The van der Waals surface area contributed by atoms with Gasteiger partial charge in [0.25, 0.3) is 0 Å². The molecule has 12 atom stereocenters. The van der Waals surface area contributed by atoms with Crippen molar-refractivity contribution in [1.29, 1.82) is 0 Å². The molecule has 5 rings (SSSR count). The second-order valence-corrected chi connectivity index (χ2v) is 15.4. The summed E-state index contributed by atoms with van der Waals surface area (Å²) in [6, 6.07) is 0. The molecule has 0 heterocycles. The van der Waals surface area contributed by atoms with Crippen molar-refractivity contribution in [2.45, 2.75) is 118 Å². The Kier molecular flexibility index (Phi) is 5.50. The molecule has 34 heavy (non-hydrogen) atoms. The second kappa shape index (κ2) is 7.46. The minimum Gasteiger partial charge on any atom is -0.481 e. The molecule has 0 spiro atoms. The number of aliphatic hydroxyl groups excluding tert-OH is 2. The summed E-state index contributed by atoms with van der Waals surface area (Å²) in [5, 5.41) is 31.8. The molecule has 0 aliphatic heterocycles. The zero-order valence-electron chi connectivity index (χ0n) is 22.7. The van der Waals surface area contributed by atoms with Crippen molar-refractivity contribution >= 4 is 5.97 Å². The third-order valence-corrected chi connectivity index (χ3v) is 13.8. The van der Waals surface area contributed by atoms with E-state index in [2.05, 4.69) is 48.5 Å². The van der Waals surface area contributed by atoms with Crippen molar-refractivity contribution in [3.05, 3.63) is 0 Å². The molecule has 0 aromatic heterocycles. The molecule has 0 aromatic rings. The van der Waals surface area contributed by atoms with Crippen molar-refractivity contribution < 1.29 is 20.1 Å². The number of aliphatic hydroxyl groups is 2. The minimum atomic E-state index is -0.615. The fourth-order valence-corrected chi connectivity index (χ4v) is 11.5. The lowest BCUT2D eigenvalue weighted by atomic mass is 9.31. The highest BCUT2D eigenvalue weighted by atomic mass is 16.4. The monoisotopic (exact) mass is 474 g/mol. The molecule has 0 radical (unpaired) electrons. The topological polar surface area (TPSA) is 77.8 Å². The van der Waals surface area contributed by atoms with Gasteiger partial charge in [0.05, 0.1) is 18.1 Å². The molecular formula is C30H50O4. The van der Waals surface area contributed by atoms with Gasteiger partial charge in [-0.3, -0.25) is 4.79 Å². The van der Waals surface area contributed by atoms with Crippen molar-refractivity contribution in [1.82, 2.24) is 0 Å². The molecular weight excluding hydrogens is 424 g/mol. The number of hydrogen-bond acceptors (Lipinski definition) is 3. The predicted molar refractivity (Wildman–Crippen MR) is 134 cm³/mol. The highest BCUT2D eigenvalue weighted by molar-refractivity contribution is 5.70. The van der Waals surface area contributed by atoms with E-state index in [0.29, 0.717) is 23.7 Å². The first kappa shape index (κ1) is 25.1. The van der Waals surface area contributed by atoms with E-state index in [1.165, 1.54) is 19.3 Å². The van der Waals surface area contributed by atoms with E-state index in [-0.39, 0.29) is 38.9 Å². The lowest BCUT2D eigenvalue weighted by Gasteiger charge is -2.74. The molecule has 3 N–H and O–H groups in total. The number of carbonyl (C=O) groups is 1. The zero-order chi connectivity index (χ0) is 25.1. The van der Waals surface area contributed by atoms with Gasteiger partial charge in [0.15, 0.2) is 0 Å². The maximum atomic E-state index is 12.4. The standard InChI is InChI=1S/C30H50O4/c1-17-24(32)21(31)14-23-27(17,4)10-9-22-28(23,5)12-13-29(6)20-16-26(2,3)15-19(25(33)34)18(20)8-11-30(22,29)7/h17-24,31-32H,8-16H2,1-7H3,(H,33,34). The number of carboxylic acids is 1. The molecule has 5 fully saturated rings. The Labute approximate surface area is 207 Å². The smallest absolute Gasteiger partial charge is 0.306 e. The summed E-state index contributed by atoms with van der Waals surface area (Å²) in [6.07, 6.45) is 8.32. The third kappa shape index (κ3) is 3.06. The van der Waals surface area contributed by atoms with Gasteiger partial charge < -0.3 is 15.3 Å². The minimum absolute atomic E-state index is 0.0758. The Balaban J connectivity index is 1.54. The van der Waals surface area contributed by atoms with Gasteiger partial charge in [-0.2, -0.15) is 0 Å². The number of rotatable bonds is 1. The van der Waals surface area contributed by atoms with Crippen LogP contribution in [0, 0.1) is 62.6 Å². The van der Waals surface area contributed by atoms with Gasteiger partial charge in [-0.15, -0.1) is 0 Å². The summed E-state index contributed by atoms with van der Waals surface area (Å²) >= 11 is 0. The van der Waals surface area contributed by atoms with Gasteiger partial charge in [0.1, 0.15) is 0 Å². The van der Waals surface area contributed by atoms with Crippen molar-refractivity contribution in [3.8, 4) is 0 Å². The predicted octanol–water partition coefficient (Wildman–Crippen LogP) is 6.14. The van der Waals surface area contributed by atoms with Crippen molar-refractivity contribution in [2.24, 2.45) is 62.6 Å².